The molecule has 24 heavy (non-hydrogen) atoms. The molecule has 128 valence electrons. The summed E-state index contributed by atoms with van der Waals surface area (Å²) in [6.07, 6.45) is 6.89. The number of fused-ring (bicyclic) bond motifs is 1. The van der Waals surface area contributed by atoms with Crippen LogP contribution in [-0.4, -0.2) is 51.4 Å². The van der Waals surface area contributed by atoms with Gasteiger partial charge in [-0.15, -0.1) is 0 Å². The SMILES string of the molecule is O=C(NC1CCC(O)CC1)c1cnc2[nH]nc(N3CCCC3)c2c1. The van der Waals surface area contributed by atoms with Gasteiger partial charge in [0.2, 0.25) is 0 Å². The number of aromatic nitrogens is 3. The minimum atomic E-state index is -0.217. The van der Waals surface area contributed by atoms with Crippen LogP contribution in [0.1, 0.15) is 48.9 Å². The highest BCUT2D eigenvalue weighted by molar-refractivity contribution is 5.99. The van der Waals surface area contributed by atoms with Crippen molar-refractivity contribution in [2.45, 2.75) is 50.7 Å². The van der Waals surface area contributed by atoms with Gasteiger partial charge in [-0.2, -0.15) is 5.10 Å². The van der Waals surface area contributed by atoms with Gasteiger partial charge in [0.05, 0.1) is 17.1 Å². The molecule has 1 aliphatic heterocycles. The summed E-state index contributed by atoms with van der Waals surface area (Å²) in [6, 6.07) is 2.02. The lowest BCUT2D eigenvalue weighted by atomic mass is 9.93. The van der Waals surface area contributed by atoms with Crippen LogP contribution in [0.5, 0.6) is 0 Å². The van der Waals surface area contributed by atoms with Gasteiger partial charge in [-0.1, -0.05) is 0 Å². The van der Waals surface area contributed by atoms with Crippen molar-refractivity contribution in [1.82, 2.24) is 20.5 Å². The molecule has 2 aromatic heterocycles. The van der Waals surface area contributed by atoms with E-state index in [1.807, 2.05) is 6.07 Å². The maximum Gasteiger partial charge on any atom is 0.253 e. The molecule has 1 saturated carbocycles. The van der Waals surface area contributed by atoms with Crippen LogP contribution in [0.15, 0.2) is 12.3 Å². The average Bonchev–Trinajstić information content (AvgIpc) is 3.25. The maximum atomic E-state index is 12.5. The second kappa shape index (κ2) is 6.39. The fourth-order valence-corrected chi connectivity index (χ4v) is 3.67. The summed E-state index contributed by atoms with van der Waals surface area (Å²) in [6.45, 7) is 2.00. The molecule has 0 bridgehead atoms. The number of rotatable bonds is 3. The van der Waals surface area contributed by atoms with E-state index in [-0.39, 0.29) is 18.1 Å². The minimum Gasteiger partial charge on any atom is -0.393 e. The van der Waals surface area contributed by atoms with E-state index >= 15 is 0 Å². The van der Waals surface area contributed by atoms with E-state index in [4.69, 9.17) is 0 Å². The number of H-pyrrole nitrogens is 1. The van der Waals surface area contributed by atoms with Crippen LogP contribution < -0.4 is 10.2 Å². The first-order chi connectivity index (χ1) is 11.7. The highest BCUT2D eigenvalue weighted by Gasteiger charge is 2.23. The number of aromatic amines is 1. The zero-order valence-corrected chi connectivity index (χ0v) is 13.7. The Bertz CT molecular complexity index is 730. The Morgan fingerprint density at radius 1 is 1.25 bits per heavy atom. The van der Waals surface area contributed by atoms with E-state index in [1.165, 1.54) is 12.8 Å². The fourth-order valence-electron chi connectivity index (χ4n) is 3.67. The fraction of sp³-hybridized carbons (Fsp3) is 0.588. The molecular formula is C17H23N5O2. The van der Waals surface area contributed by atoms with Gasteiger partial charge in [-0.25, -0.2) is 4.98 Å². The molecule has 0 radical (unpaired) electrons. The third kappa shape index (κ3) is 2.96. The number of carbonyl (C=O) groups excluding carboxylic acids is 1. The summed E-state index contributed by atoms with van der Waals surface area (Å²) in [5.41, 5.74) is 1.28. The molecule has 3 heterocycles. The molecule has 1 aliphatic carbocycles. The Hall–Kier alpha value is -2.15. The van der Waals surface area contributed by atoms with Crippen molar-refractivity contribution in [3.05, 3.63) is 17.8 Å². The lowest BCUT2D eigenvalue weighted by Crippen LogP contribution is -2.38. The molecule has 0 aromatic carbocycles. The molecule has 7 heteroatoms. The largest absolute Gasteiger partial charge is 0.393 e. The van der Waals surface area contributed by atoms with Crippen LogP contribution in [0.25, 0.3) is 11.0 Å². The van der Waals surface area contributed by atoms with Crippen LogP contribution in [0.3, 0.4) is 0 Å². The summed E-state index contributed by atoms with van der Waals surface area (Å²) in [4.78, 5) is 19.1. The number of pyridine rings is 1. The number of anilines is 1. The van der Waals surface area contributed by atoms with E-state index < -0.39 is 0 Å². The Labute approximate surface area is 140 Å². The third-order valence-corrected chi connectivity index (χ3v) is 5.10. The minimum absolute atomic E-state index is 0.0978. The molecule has 2 aliphatic rings. The smallest absolute Gasteiger partial charge is 0.253 e. The number of amides is 1. The molecule has 7 nitrogen and oxygen atoms in total. The number of hydrogen-bond donors (Lipinski definition) is 3. The van der Waals surface area contributed by atoms with Gasteiger partial charge in [-0.05, 0) is 44.6 Å². The maximum absolute atomic E-state index is 12.5. The summed E-state index contributed by atoms with van der Waals surface area (Å²) in [7, 11) is 0. The van der Waals surface area contributed by atoms with Gasteiger partial charge in [0.15, 0.2) is 11.5 Å². The van der Waals surface area contributed by atoms with Crippen molar-refractivity contribution in [2.24, 2.45) is 0 Å². The van der Waals surface area contributed by atoms with Crippen LogP contribution in [0.2, 0.25) is 0 Å². The predicted octanol–water partition coefficient (Wildman–Crippen LogP) is 1.59. The Kier molecular flexibility index (Phi) is 4.10. The van der Waals surface area contributed by atoms with Gasteiger partial charge < -0.3 is 15.3 Å². The summed E-state index contributed by atoms with van der Waals surface area (Å²) in [5.74, 6) is 0.796. The Morgan fingerprint density at radius 2 is 2.00 bits per heavy atom. The second-order valence-electron chi connectivity index (χ2n) is 6.84. The monoisotopic (exact) mass is 329 g/mol. The lowest BCUT2D eigenvalue weighted by Gasteiger charge is -2.26. The van der Waals surface area contributed by atoms with Crippen molar-refractivity contribution in [1.29, 1.82) is 0 Å². The molecule has 0 atom stereocenters. The van der Waals surface area contributed by atoms with Gasteiger partial charge >= 0.3 is 0 Å². The normalized spacial score (nSPS) is 24.5. The van der Waals surface area contributed by atoms with E-state index in [0.717, 1.165) is 50.0 Å². The molecule has 0 unspecified atom stereocenters. The quantitative estimate of drug-likeness (QED) is 0.795. The van der Waals surface area contributed by atoms with Gasteiger partial charge in [0.1, 0.15) is 0 Å². The first kappa shape index (κ1) is 15.4. The van der Waals surface area contributed by atoms with Gasteiger partial charge in [0, 0.05) is 25.3 Å². The lowest BCUT2D eigenvalue weighted by molar-refractivity contribution is 0.0867. The topological polar surface area (TPSA) is 94.1 Å². The average molecular weight is 329 g/mol. The number of aliphatic hydroxyl groups is 1. The second-order valence-corrected chi connectivity index (χ2v) is 6.84. The summed E-state index contributed by atoms with van der Waals surface area (Å²) < 4.78 is 0. The Morgan fingerprint density at radius 3 is 2.75 bits per heavy atom. The highest BCUT2D eigenvalue weighted by atomic mass is 16.3. The van der Waals surface area contributed by atoms with Crippen molar-refractivity contribution in [3.63, 3.8) is 0 Å². The first-order valence-corrected chi connectivity index (χ1v) is 8.79. The van der Waals surface area contributed by atoms with E-state index in [0.29, 0.717) is 11.2 Å². The van der Waals surface area contributed by atoms with Crippen LogP contribution >= 0.6 is 0 Å². The van der Waals surface area contributed by atoms with Crippen molar-refractivity contribution >= 4 is 22.8 Å². The molecule has 2 aromatic rings. The van der Waals surface area contributed by atoms with E-state index in [1.54, 1.807) is 6.20 Å². The first-order valence-electron chi connectivity index (χ1n) is 8.79. The summed E-state index contributed by atoms with van der Waals surface area (Å²) in [5, 5.41) is 20.9. The number of hydrogen-bond acceptors (Lipinski definition) is 5. The third-order valence-electron chi connectivity index (χ3n) is 5.10. The van der Waals surface area contributed by atoms with E-state index in [2.05, 4.69) is 25.4 Å². The number of nitrogens with zero attached hydrogens (tertiary/aromatic N) is 3. The molecule has 2 fully saturated rings. The zero-order valence-electron chi connectivity index (χ0n) is 13.7. The zero-order chi connectivity index (χ0) is 16.5. The molecule has 0 spiro atoms. The molecule has 1 amide bonds. The molecule has 3 N–H and O–H groups in total. The number of nitrogens with one attached hydrogen (secondary N) is 2. The van der Waals surface area contributed by atoms with E-state index in [9.17, 15) is 9.90 Å². The van der Waals surface area contributed by atoms with Crippen molar-refractivity contribution < 1.29 is 9.90 Å². The standard InChI is InChI=1S/C17H23N5O2/c23-13-5-3-12(4-6-13)19-17(24)11-9-14-15(18-10-11)20-21-16(14)22-7-1-2-8-22/h9-10,12-13,23H,1-8H2,(H,19,24)(H,18,20,21). The van der Waals surface area contributed by atoms with Crippen LogP contribution in [-0.2, 0) is 0 Å². The highest BCUT2D eigenvalue weighted by Crippen LogP contribution is 2.26. The predicted molar refractivity (Wildman–Crippen MR) is 91.1 cm³/mol. The van der Waals surface area contributed by atoms with Crippen molar-refractivity contribution in [2.75, 3.05) is 18.0 Å². The van der Waals surface area contributed by atoms with Crippen LogP contribution in [0, 0.1) is 0 Å². The number of aliphatic hydroxyl groups excluding tert-OH is 1. The van der Waals surface area contributed by atoms with Gasteiger partial charge in [-0.3, -0.25) is 9.89 Å². The molecular weight excluding hydrogens is 306 g/mol. The Balaban J connectivity index is 1.53. The van der Waals surface area contributed by atoms with Crippen LogP contribution in [0.4, 0.5) is 5.82 Å². The van der Waals surface area contributed by atoms with Gasteiger partial charge in [0.25, 0.3) is 5.91 Å². The number of carbonyl (C=O) groups is 1. The molecule has 1 saturated heterocycles. The van der Waals surface area contributed by atoms with Crippen molar-refractivity contribution in [3.8, 4) is 0 Å². The summed E-state index contributed by atoms with van der Waals surface area (Å²) >= 11 is 0. The molecule has 4 rings (SSSR count).